The SMILES string of the molecule is COC(=O)C(C)(C)CNC1Cc2ccccc2C1. The zero-order chi connectivity index (χ0) is 13.2. The molecule has 2 rings (SSSR count). The zero-order valence-electron chi connectivity index (χ0n) is 11.3. The molecular weight excluding hydrogens is 226 g/mol. The van der Waals surface area contributed by atoms with E-state index >= 15 is 0 Å². The largest absolute Gasteiger partial charge is 0.469 e. The molecule has 0 amide bonds. The monoisotopic (exact) mass is 247 g/mol. The fraction of sp³-hybridized carbons (Fsp3) is 0.533. The quantitative estimate of drug-likeness (QED) is 0.826. The molecule has 0 spiro atoms. The molecule has 0 fully saturated rings. The summed E-state index contributed by atoms with van der Waals surface area (Å²) < 4.78 is 4.81. The van der Waals surface area contributed by atoms with E-state index in [4.69, 9.17) is 4.74 Å². The van der Waals surface area contributed by atoms with Gasteiger partial charge in [-0.3, -0.25) is 4.79 Å². The van der Waals surface area contributed by atoms with Gasteiger partial charge in [-0.1, -0.05) is 24.3 Å². The van der Waals surface area contributed by atoms with Gasteiger partial charge in [-0.2, -0.15) is 0 Å². The molecule has 0 saturated heterocycles. The van der Waals surface area contributed by atoms with Crippen molar-refractivity contribution in [2.24, 2.45) is 5.41 Å². The molecule has 0 unspecified atom stereocenters. The lowest BCUT2D eigenvalue weighted by Gasteiger charge is -2.24. The summed E-state index contributed by atoms with van der Waals surface area (Å²) in [6, 6.07) is 8.97. The number of hydrogen-bond acceptors (Lipinski definition) is 3. The molecular formula is C15H21NO2. The molecule has 0 aromatic heterocycles. The van der Waals surface area contributed by atoms with Gasteiger partial charge in [-0.25, -0.2) is 0 Å². The minimum Gasteiger partial charge on any atom is -0.469 e. The van der Waals surface area contributed by atoms with Crippen LogP contribution >= 0.6 is 0 Å². The summed E-state index contributed by atoms with van der Waals surface area (Å²) in [6.45, 7) is 4.47. The lowest BCUT2D eigenvalue weighted by Crippen LogP contribution is -2.41. The van der Waals surface area contributed by atoms with Gasteiger partial charge in [0.05, 0.1) is 12.5 Å². The van der Waals surface area contributed by atoms with E-state index in [1.807, 2.05) is 13.8 Å². The number of carbonyl (C=O) groups excluding carboxylic acids is 1. The van der Waals surface area contributed by atoms with Crippen LogP contribution < -0.4 is 5.32 Å². The maximum absolute atomic E-state index is 11.6. The Morgan fingerprint density at radius 2 is 1.89 bits per heavy atom. The predicted octanol–water partition coefficient (Wildman–Crippen LogP) is 1.94. The van der Waals surface area contributed by atoms with Gasteiger partial charge >= 0.3 is 5.97 Å². The van der Waals surface area contributed by atoms with Crippen molar-refractivity contribution in [3.8, 4) is 0 Å². The zero-order valence-corrected chi connectivity index (χ0v) is 11.3. The van der Waals surface area contributed by atoms with Gasteiger partial charge < -0.3 is 10.1 Å². The maximum atomic E-state index is 11.6. The summed E-state index contributed by atoms with van der Waals surface area (Å²) >= 11 is 0. The van der Waals surface area contributed by atoms with Crippen LogP contribution in [0.3, 0.4) is 0 Å². The molecule has 0 aliphatic heterocycles. The number of esters is 1. The molecule has 3 nitrogen and oxygen atoms in total. The molecule has 1 aromatic carbocycles. The van der Waals surface area contributed by atoms with E-state index in [-0.39, 0.29) is 5.97 Å². The third kappa shape index (κ3) is 2.72. The third-order valence-electron chi connectivity index (χ3n) is 3.62. The van der Waals surface area contributed by atoms with E-state index in [1.54, 1.807) is 0 Å². The van der Waals surface area contributed by atoms with Crippen LogP contribution in [-0.4, -0.2) is 25.7 Å². The van der Waals surface area contributed by atoms with E-state index in [1.165, 1.54) is 18.2 Å². The first-order chi connectivity index (χ1) is 8.53. The molecule has 1 aliphatic carbocycles. The first kappa shape index (κ1) is 13.1. The molecule has 0 saturated carbocycles. The molecule has 0 atom stereocenters. The fourth-order valence-electron chi connectivity index (χ4n) is 2.45. The van der Waals surface area contributed by atoms with E-state index in [0.717, 1.165) is 12.8 Å². The smallest absolute Gasteiger partial charge is 0.312 e. The van der Waals surface area contributed by atoms with Gasteiger partial charge in [0.15, 0.2) is 0 Å². The Morgan fingerprint density at radius 1 is 1.33 bits per heavy atom. The first-order valence-corrected chi connectivity index (χ1v) is 6.41. The second-order valence-electron chi connectivity index (χ2n) is 5.63. The number of hydrogen-bond donors (Lipinski definition) is 1. The summed E-state index contributed by atoms with van der Waals surface area (Å²) in [4.78, 5) is 11.6. The third-order valence-corrected chi connectivity index (χ3v) is 3.62. The summed E-state index contributed by atoms with van der Waals surface area (Å²) in [5.74, 6) is -0.162. The van der Waals surface area contributed by atoms with Gasteiger partial charge in [-0.05, 0) is 37.8 Å². The Morgan fingerprint density at radius 3 is 2.39 bits per heavy atom. The van der Waals surface area contributed by atoms with E-state index < -0.39 is 5.41 Å². The Kier molecular flexibility index (Phi) is 3.71. The molecule has 0 radical (unpaired) electrons. The first-order valence-electron chi connectivity index (χ1n) is 6.41. The summed E-state index contributed by atoms with van der Waals surface area (Å²) in [5, 5.41) is 3.48. The van der Waals surface area contributed by atoms with Crippen molar-refractivity contribution in [1.29, 1.82) is 0 Å². The fourth-order valence-corrected chi connectivity index (χ4v) is 2.45. The number of ether oxygens (including phenoxy) is 1. The highest BCUT2D eigenvalue weighted by Crippen LogP contribution is 2.23. The van der Waals surface area contributed by atoms with Gasteiger partial charge in [0.25, 0.3) is 0 Å². The summed E-state index contributed by atoms with van der Waals surface area (Å²) in [5.41, 5.74) is 2.38. The average Bonchev–Trinajstić information content (AvgIpc) is 2.78. The molecule has 1 aromatic rings. The summed E-state index contributed by atoms with van der Waals surface area (Å²) in [7, 11) is 1.44. The standard InChI is InChI=1S/C15H21NO2/c1-15(2,14(17)18-3)10-16-13-8-11-6-4-5-7-12(11)9-13/h4-7,13,16H,8-10H2,1-3H3. The molecule has 18 heavy (non-hydrogen) atoms. The van der Waals surface area contributed by atoms with Crippen molar-refractivity contribution >= 4 is 5.97 Å². The van der Waals surface area contributed by atoms with E-state index in [9.17, 15) is 4.79 Å². The topological polar surface area (TPSA) is 38.3 Å². The van der Waals surface area contributed by atoms with Crippen LogP contribution in [0.15, 0.2) is 24.3 Å². The van der Waals surface area contributed by atoms with Gasteiger partial charge in [-0.15, -0.1) is 0 Å². The van der Waals surface area contributed by atoms with Crippen LogP contribution in [0.25, 0.3) is 0 Å². The van der Waals surface area contributed by atoms with Crippen molar-refractivity contribution < 1.29 is 9.53 Å². The predicted molar refractivity (Wildman–Crippen MR) is 71.4 cm³/mol. The maximum Gasteiger partial charge on any atom is 0.312 e. The molecule has 0 bridgehead atoms. The van der Waals surface area contributed by atoms with Crippen LogP contribution in [0.4, 0.5) is 0 Å². The lowest BCUT2D eigenvalue weighted by molar-refractivity contribution is -0.150. The number of rotatable bonds is 4. The Hall–Kier alpha value is -1.35. The number of benzene rings is 1. The van der Waals surface area contributed by atoms with Crippen LogP contribution in [0.2, 0.25) is 0 Å². The van der Waals surface area contributed by atoms with Crippen LogP contribution in [0, 0.1) is 5.41 Å². The summed E-state index contributed by atoms with van der Waals surface area (Å²) in [6.07, 6.45) is 2.10. The molecule has 0 heterocycles. The van der Waals surface area contributed by atoms with Crippen molar-refractivity contribution in [2.75, 3.05) is 13.7 Å². The number of methoxy groups -OCH3 is 1. The second-order valence-corrected chi connectivity index (χ2v) is 5.63. The van der Waals surface area contributed by atoms with Crippen molar-refractivity contribution in [1.82, 2.24) is 5.32 Å². The highest BCUT2D eigenvalue weighted by Gasteiger charge is 2.30. The van der Waals surface area contributed by atoms with Crippen LogP contribution in [0.5, 0.6) is 0 Å². The molecule has 3 heteroatoms. The Labute approximate surface area is 109 Å². The highest BCUT2D eigenvalue weighted by atomic mass is 16.5. The van der Waals surface area contributed by atoms with Gasteiger partial charge in [0, 0.05) is 12.6 Å². The minimum absolute atomic E-state index is 0.162. The molecule has 1 N–H and O–H groups in total. The minimum atomic E-state index is -0.469. The van der Waals surface area contributed by atoms with E-state index in [0.29, 0.717) is 12.6 Å². The van der Waals surface area contributed by atoms with Crippen molar-refractivity contribution in [3.63, 3.8) is 0 Å². The second kappa shape index (κ2) is 5.11. The van der Waals surface area contributed by atoms with Crippen LogP contribution in [0.1, 0.15) is 25.0 Å². The Bertz CT molecular complexity index is 415. The average molecular weight is 247 g/mol. The number of nitrogens with one attached hydrogen (secondary N) is 1. The number of carbonyl (C=O) groups is 1. The molecule has 98 valence electrons. The van der Waals surface area contributed by atoms with Gasteiger partial charge in [0.1, 0.15) is 0 Å². The van der Waals surface area contributed by atoms with Crippen LogP contribution in [-0.2, 0) is 22.4 Å². The normalized spacial score (nSPS) is 15.5. The Balaban J connectivity index is 1.89. The van der Waals surface area contributed by atoms with Crippen molar-refractivity contribution in [3.05, 3.63) is 35.4 Å². The van der Waals surface area contributed by atoms with Gasteiger partial charge in [0.2, 0.25) is 0 Å². The lowest BCUT2D eigenvalue weighted by atomic mass is 9.93. The van der Waals surface area contributed by atoms with E-state index in [2.05, 4.69) is 29.6 Å². The number of fused-ring (bicyclic) bond motifs is 1. The van der Waals surface area contributed by atoms with Crippen molar-refractivity contribution in [2.45, 2.75) is 32.7 Å². The highest BCUT2D eigenvalue weighted by molar-refractivity contribution is 5.76. The molecule has 1 aliphatic rings.